The Morgan fingerprint density at radius 2 is 1.95 bits per heavy atom. The number of nitrogens with one attached hydrogen (secondary N) is 1. The Kier molecular flexibility index (Phi) is 6.63. The molecule has 0 aromatic carbocycles. The third-order valence-electron chi connectivity index (χ3n) is 3.69. The molecule has 1 saturated carbocycles. The van der Waals surface area contributed by atoms with E-state index in [-0.39, 0.29) is 5.54 Å². The van der Waals surface area contributed by atoms with Crippen molar-refractivity contribution in [2.75, 3.05) is 6.61 Å². The summed E-state index contributed by atoms with van der Waals surface area (Å²) >= 11 is 0. The summed E-state index contributed by atoms with van der Waals surface area (Å²) in [5.41, 5.74) is 5.10. The molecule has 0 unspecified atom stereocenters. The highest BCUT2D eigenvalue weighted by molar-refractivity contribution is 5.64. The first-order chi connectivity index (χ1) is 8.87. The van der Waals surface area contributed by atoms with Crippen LogP contribution in [0.5, 0.6) is 0 Å². The first kappa shape index (κ1) is 16.3. The zero-order valence-corrected chi connectivity index (χ0v) is 12.7. The van der Waals surface area contributed by atoms with Crippen LogP contribution in [-0.4, -0.2) is 24.3 Å². The normalized spacial score (nSPS) is 19.1. The van der Waals surface area contributed by atoms with Gasteiger partial charge in [0.2, 0.25) is 0 Å². The second-order valence-electron chi connectivity index (χ2n) is 6.79. The molecule has 0 saturated heterocycles. The summed E-state index contributed by atoms with van der Waals surface area (Å²) in [7, 11) is 0. The lowest BCUT2D eigenvalue weighted by atomic mass is 9.84. The Bertz CT molecular complexity index is 268. The maximum atomic E-state index is 10.6. The minimum atomic E-state index is -0.674. The fourth-order valence-corrected chi connectivity index (χ4v) is 2.99. The summed E-state index contributed by atoms with van der Waals surface area (Å²) in [6, 6.07) is 0.405. The fraction of sp³-hybridized carbons (Fsp3) is 0.933. The molecule has 0 aromatic heterocycles. The maximum Gasteiger partial charge on any atom is 0.404 e. The quantitative estimate of drug-likeness (QED) is 0.779. The van der Waals surface area contributed by atoms with Gasteiger partial charge in [0.15, 0.2) is 0 Å². The molecule has 1 rings (SSSR count). The predicted molar refractivity (Wildman–Crippen MR) is 78.0 cm³/mol. The third-order valence-corrected chi connectivity index (χ3v) is 3.69. The lowest BCUT2D eigenvalue weighted by Crippen LogP contribution is -2.45. The number of amides is 1. The summed E-state index contributed by atoms with van der Waals surface area (Å²) < 4.78 is 4.87. The highest BCUT2D eigenvalue weighted by atomic mass is 16.5. The number of ether oxygens (including phenoxy) is 1. The highest BCUT2D eigenvalue weighted by Crippen LogP contribution is 2.28. The molecule has 0 spiro atoms. The average Bonchev–Trinajstić information content (AvgIpc) is 2.27. The van der Waals surface area contributed by atoms with Crippen molar-refractivity contribution in [1.29, 1.82) is 0 Å². The number of nitrogens with two attached hydrogens (primary N) is 1. The van der Waals surface area contributed by atoms with Crippen LogP contribution in [-0.2, 0) is 4.74 Å². The molecule has 1 fully saturated rings. The van der Waals surface area contributed by atoms with Gasteiger partial charge in [0.25, 0.3) is 0 Å². The standard InChI is InChI=1S/C15H30N2O2/c1-15(2,3)17-13(9-10-19-14(16)18)11-12-7-5-4-6-8-12/h12-13,17H,4-11H2,1-3H3,(H2,16,18)/t13-/m1/s1. The predicted octanol–water partition coefficient (Wildman–Crippen LogP) is 3.20. The van der Waals surface area contributed by atoms with E-state index in [2.05, 4.69) is 26.1 Å². The molecule has 0 bridgehead atoms. The molecule has 4 heteroatoms. The number of hydrogen-bond donors (Lipinski definition) is 2. The van der Waals surface area contributed by atoms with Crippen LogP contribution < -0.4 is 11.1 Å². The van der Waals surface area contributed by atoms with Crippen molar-refractivity contribution in [1.82, 2.24) is 5.32 Å². The maximum absolute atomic E-state index is 10.6. The average molecular weight is 270 g/mol. The Balaban J connectivity index is 2.40. The van der Waals surface area contributed by atoms with Crippen LogP contribution in [0.2, 0.25) is 0 Å². The second kappa shape index (κ2) is 7.73. The van der Waals surface area contributed by atoms with Crippen molar-refractivity contribution in [2.45, 2.75) is 77.3 Å². The minimum absolute atomic E-state index is 0.0893. The van der Waals surface area contributed by atoms with Gasteiger partial charge >= 0.3 is 6.09 Å². The fourth-order valence-electron chi connectivity index (χ4n) is 2.99. The number of carbonyl (C=O) groups excluding carboxylic acids is 1. The topological polar surface area (TPSA) is 64.3 Å². The third kappa shape index (κ3) is 8.09. The first-order valence-electron chi connectivity index (χ1n) is 7.57. The van der Waals surface area contributed by atoms with Crippen LogP contribution in [0.15, 0.2) is 0 Å². The molecule has 0 radical (unpaired) electrons. The van der Waals surface area contributed by atoms with Gasteiger partial charge in [-0.1, -0.05) is 32.1 Å². The smallest absolute Gasteiger partial charge is 0.404 e. The molecule has 19 heavy (non-hydrogen) atoms. The molecular weight excluding hydrogens is 240 g/mol. The Morgan fingerprint density at radius 3 is 2.47 bits per heavy atom. The Hall–Kier alpha value is -0.770. The molecule has 0 aromatic rings. The highest BCUT2D eigenvalue weighted by Gasteiger charge is 2.22. The zero-order chi connectivity index (χ0) is 14.3. The number of rotatable bonds is 6. The van der Waals surface area contributed by atoms with Gasteiger partial charge in [-0.05, 0) is 39.5 Å². The van der Waals surface area contributed by atoms with Crippen LogP contribution in [0.4, 0.5) is 4.79 Å². The molecule has 0 heterocycles. The van der Waals surface area contributed by atoms with Crippen molar-refractivity contribution >= 4 is 6.09 Å². The number of carbonyl (C=O) groups is 1. The van der Waals surface area contributed by atoms with Gasteiger partial charge < -0.3 is 15.8 Å². The molecule has 3 N–H and O–H groups in total. The van der Waals surface area contributed by atoms with E-state index in [9.17, 15) is 4.79 Å². The molecule has 1 atom stereocenters. The van der Waals surface area contributed by atoms with Gasteiger partial charge in [-0.2, -0.15) is 0 Å². The molecule has 0 aliphatic heterocycles. The van der Waals surface area contributed by atoms with Gasteiger partial charge in [-0.25, -0.2) is 4.79 Å². The van der Waals surface area contributed by atoms with Crippen molar-refractivity contribution < 1.29 is 9.53 Å². The van der Waals surface area contributed by atoms with Crippen molar-refractivity contribution in [3.63, 3.8) is 0 Å². The SMILES string of the molecule is CC(C)(C)N[C@H](CCOC(N)=O)CC1CCCCC1. The van der Waals surface area contributed by atoms with Gasteiger partial charge in [-0.3, -0.25) is 0 Å². The lowest BCUT2D eigenvalue weighted by molar-refractivity contribution is 0.144. The van der Waals surface area contributed by atoms with E-state index in [4.69, 9.17) is 10.5 Å². The van der Waals surface area contributed by atoms with Crippen LogP contribution in [0.25, 0.3) is 0 Å². The summed E-state index contributed by atoms with van der Waals surface area (Å²) in [6.07, 6.45) is 8.16. The van der Waals surface area contributed by atoms with Crippen LogP contribution >= 0.6 is 0 Å². The molecule has 4 nitrogen and oxygen atoms in total. The first-order valence-corrected chi connectivity index (χ1v) is 7.57. The molecule has 1 amide bonds. The Labute approximate surface area is 117 Å². The van der Waals surface area contributed by atoms with E-state index in [0.717, 1.165) is 12.3 Å². The van der Waals surface area contributed by atoms with Gasteiger partial charge in [0.1, 0.15) is 0 Å². The molecule has 1 aliphatic carbocycles. The van der Waals surface area contributed by atoms with Gasteiger partial charge in [-0.15, -0.1) is 0 Å². The zero-order valence-electron chi connectivity index (χ0n) is 12.7. The summed E-state index contributed by atoms with van der Waals surface area (Å²) in [6.45, 7) is 6.94. The molecule has 112 valence electrons. The summed E-state index contributed by atoms with van der Waals surface area (Å²) in [5, 5.41) is 3.65. The second-order valence-corrected chi connectivity index (χ2v) is 6.79. The summed E-state index contributed by atoms with van der Waals surface area (Å²) in [4.78, 5) is 10.6. The largest absolute Gasteiger partial charge is 0.450 e. The van der Waals surface area contributed by atoms with E-state index in [0.29, 0.717) is 12.6 Å². The van der Waals surface area contributed by atoms with Crippen LogP contribution in [0.1, 0.15) is 65.7 Å². The van der Waals surface area contributed by atoms with Gasteiger partial charge in [0.05, 0.1) is 6.61 Å². The van der Waals surface area contributed by atoms with E-state index in [1.165, 1.54) is 38.5 Å². The van der Waals surface area contributed by atoms with Crippen molar-refractivity contribution in [3.8, 4) is 0 Å². The van der Waals surface area contributed by atoms with Crippen molar-refractivity contribution in [3.05, 3.63) is 0 Å². The van der Waals surface area contributed by atoms with Crippen LogP contribution in [0.3, 0.4) is 0 Å². The van der Waals surface area contributed by atoms with Crippen molar-refractivity contribution in [2.24, 2.45) is 11.7 Å². The van der Waals surface area contributed by atoms with Crippen LogP contribution in [0, 0.1) is 5.92 Å². The number of hydrogen-bond acceptors (Lipinski definition) is 3. The molecular formula is C15H30N2O2. The molecule has 1 aliphatic rings. The Morgan fingerprint density at radius 1 is 1.32 bits per heavy atom. The monoisotopic (exact) mass is 270 g/mol. The minimum Gasteiger partial charge on any atom is -0.450 e. The number of primary amides is 1. The van der Waals surface area contributed by atoms with Gasteiger partial charge in [0, 0.05) is 11.6 Å². The van der Waals surface area contributed by atoms with E-state index < -0.39 is 6.09 Å². The van der Waals surface area contributed by atoms with E-state index >= 15 is 0 Å². The van der Waals surface area contributed by atoms with E-state index in [1.807, 2.05) is 0 Å². The lowest BCUT2D eigenvalue weighted by Gasteiger charge is -2.32. The van der Waals surface area contributed by atoms with E-state index in [1.54, 1.807) is 0 Å². The summed E-state index contributed by atoms with van der Waals surface area (Å²) in [5.74, 6) is 0.821.